The first kappa shape index (κ1) is 27.5. The Morgan fingerprint density at radius 2 is 1.19 bits per heavy atom. The first-order valence-corrected chi connectivity index (χ1v) is 15.1. The van der Waals surface area contributed by atoms with E-state index in [0.717, 1.165) is 24.2 Å². The molecule has 1 aliphatic heterocycles. The predicted octanol–water partition coefficient (Wildman–Crippen LogP) is 10.5. The molecule has 0 unspecified atom stereocenters. The molecule has 3 nitrogen and oxygen atoms in total. The maximum absolute atomic E-state index is 13.4. The van der Waals surface area contributed by atoms with Crippen molar-refractivity contribution in [3.05, 3.63) is 64.3 Å². The first-order chi connectivity index (χ1) is 18.3. The van der Waals surface area contributed by atoms with E-state index in [2.05, 4.69) is 6.92 Å². The second-order valence-corrected chi connectivity index (χ2v) is 10.9. The van der Waals surface area contributed by atoms with Gasteiger partial charge < -0.3 is 9.15 Å². The van der Waals surface area contributed by atoms with Crippen LogP contribution in [0.4, 0.5) is 0 Å². The van der Waals surface area contributed by atoms with Crippen molar-refractivity contribution < 1.29 is 9.15 Å². The molecule has 3 aromatic rings. The largest absolute Gasteiger partial charge is 0.485 e. The van der Waals surface area contributed by atoms with E-state index in [1.54, 1.807) is 0 Å². The molecule has 2 aromatic carbocycles. The first-order valence-electron chi connectivity index (χ1n) is 15.1. The molecule has 200 valence electrons. The Labute approximate surface area is 223 Å². The molecular weight excluding hydrogens is 456 g/mol. The summed E-state index contributed by atoms with van der Waals surface area (Å²) in [6.45, 7) is 2.29. The van der Waals surface area contributed by atoms with Crippen molar-refractivity contribution in [3.8, 4) is 17.1 Å². The highest BCUT2D eigenvalue weighted by molar-refractivity contribution is 5.82. The van der Waals surface area contributed by atoms with Gasteiger partial charge in [0.15, 0.2) is 5.43 Å². The van der Waals surface area contributed by atoms with Gasteiger partial charge in [0.1, 0.15) is 23.2 Å². The Hall–Kier alpha value is -2.55. The van der Waals surface area contributed by atoms with Crippen molar-refractivity contribution >= 4 is 11.0 Å². The Morgan fingerprint density at radius 1 is 0.649 bits per heavy atom. The lowest BCUT2D eigenvalue weighted by Crippen LogP contribution is -2.23. The molecule has 0 fully saturated rings. The summed E-state index contributed by atoms with van der Waals surface area (Å²) in [5, 5.41) is 0.640. The van der Waals surface area contributed by atoms with Crippen molar-refractivity contribution in [2.75, 3.05) is 0 Å². The highest BCUT2D eigenvalue weighted by Gasteiger charge is 2.31. The van der Waals surface area contributed by atoms with Gasteiger partial charge in [0.2, 0.25) is 0 Å². The summed E-state index contributed by atoms with van der Waals surface area (Å²) in [5.41, 5.74) is 2.26. The molecule has 4 rings (SSSR count). The van der Waals surface area contributed by atoms with Gasteiger partial charge in [-0.1, -0.05) is 128 Å². The fourth-order valence-corrected chi connectivity index (χ4v) is 5.70. The van der Waals surface area contributed by atoms with Crippen LogP contribution in [0, 0.1) is 0 Å². The summed E-state index contributed by atoms with van der Waals surface area (Å²) in [4.78, 5) is 13.4. The number of unbranched alkanes of at least 4 members (excludes halogenated alkanes) is 15. The molecule has 1 aromatic heterocycles. The minimum Gasteiger partial charge on any atom is -0.485 e. The minimum absolute atomic E-state index is 0.0489. The van der Waals surface area contributed by atoms with Gasteiger partial charge in [-0.2, -0.15) is 0 Å². The van der Waals surface area contributed by atoms with Crippen LogP contribution in [0.2, 0.25) is 0 Å². The number of ether oxygens (including phenoxy) is 1. The zero-order valence-electron chi connectivity index (χ0n) is 22.9. The average molecular weight is 503 g/mol. The predicted molar refractivity (Wildman–Crippen MR) is 155 cm³/mol. The van der Waals surface area contributed by atoms with Crippen LogP contribution in [0.5, 0.6) is 5.75 Å². The lowest BCUT2D eigenvalue weighted by Gasteiger charge is -2.27. The van der Waals surface area contributed by atoms with Gasteiger partial charge >= 0.3 is 0 Å². The van der Waals surface area contributed by atoms with Crippen molar-refractivity contribution in [2.24, 2.45) is 0 Å². The smallest absolute Gasteiger partial charge is 0.200 e. The molecule has 0 saturated heterocycles. The SMILES string of the molecule is CCCCCCCCCCCCCCCCCC[C@@H]1Oc2ccccc2-c2oc3ccccc3c(=O)c21. The molecule has 0 N–H and O–H groups in total. The lowest BCUT2D eigenvalue weighted by atomic mass is 9.93. The highest BCUT2D eigenvalue weighted by atomic mass is 16.5. The van der Waals surface area contributed by atoms with Gasteiger partial charge in [-0.05, 0) is 37.1 Å². The van der Waals surface area contributed by atoms with Gasteiger partial charge in [0.05, 0.1) is 16.5 Å². The van der Waals surface area contributed by atoms with Gasteiger partial charge in [0.25, 0.3) is 0 Å². The lowest BCUT2D eigenvalue weighted by molar-refractivity contribution is 0.182. The van der Waals surface area contributed by atoms with Gasteiger partial charge in [-0.15, -0.1) is 0 Å². The Kier molecular flexibility index (Phi) is 11.1. The zero-order valence-corrected chi connectivity index (χ0v) is 22.9. The van der Waals surface area contributed by atoms with Gasteiger partial charge in [0, 0.05) is 0 Å². The number of hydrogen-bond acceptors (Lipinski definition) is 3. The molecule has 0 saturated carbocycles. The minimum atomic E-state index is -0.239. The standard InChI is InChI=1S/C34H46O3/c1-2-3-4-5-6-7-8-9-10-11-12-13-14-15-16-17-26-31-32-33(35)27-22-18-20-24-29(27)37-34(32)28-23-19-21-25-30(28)36-31/h18-25,31H,2-17,26H2,1H3/t31-/m0/s1. The molecule has 1 aliphatic rings. The number of rotatable bonds is 17. The quantitative estimate of drug-likeness (QED) is 0.172. The summed E-state index contributed by atoms with van der Waals surface area (Å²) in [5.74, 6) is 1.50. The van der Waals surface area contributed by atoms with Crippen molar-refractivity contribution in [1.82, 2.24) is 0 Å². The molecule has 2 heterocycles. The second-order valence-electron chi connectivity index (χ2n) is 10.9. The zero-order chi connectivity index (χ0) is 25.7. The van der Waals surface area contributed by atoms with Crippen molar-refractivity contribution in [1.29, 1.82) is 0 Å². The number of hydrogen-bond donors (Lipinski definition) is 0. The summed E-state index contributed by atoms with van der Waals surface area (Å²) in [7, 11) is 0. The topological polar surface area (TPSA) is 39.4 Å². The van der Waals surface area contributed by atoms with Crippen LogP contribution in [0.25, 0.3) is 22.3 Å². The van der Waals surface area contributed by atoms with Crippen molar-refractivity contribution in [3.63, 3.8) is 0 Å². The van der Waals surface area contributed by atoms with Crippen LogP contribution in [-0.2, 0) is 0 Å². The Bertz CT molecular complexity index is 1150. The second kappa shape index (κ2) is 15.0. The Morgan fingerprint density at radius 3 is 1.84 bits per heavy atom. The third-order valence-corrected chi connectivity index (χ3v) is 7.88. The summed E-state index contributed by atoms with van der Waals surface area (Å²) >= 11 is 0. The number of fused-ring (bicyclic) bond motifs is 4. The van der Waals surface area contributed by atoms with E-state index in [9.17, 15) is 4.79 Å². The maximum atomic E-state index is 13.4. The molecule has 37 heavy (non-hydrogen) atoms. The van der Waals surface area contributed by atoms with Gasteiger partial charge in [-0.25, -0.2) is 0 Å². The maximum Gasteiger partial charge on any atom is 0.200 e. The van der Waals surface area contributed by atoms with Crippen LogP contribution >= 0.6 is 0 Å². The average Bonchev–Trinajstić information content (AvgIpc) is 2.93. The molecule has 0 radical (unpaired) electrons. The summed E-state index contributed by atoms with van der Waals surface area (Å²) in [6, 6.07) is 15.5. The van der Waals surface area contributed by atoms with E-state index >= 15 is 0 Å². The van der Waals surface area contributed by atoms with Crippen LogP contribution in [0.3, 0.4) is 0 Å². The monoisotopic (exact) mass is 502 g/mol. The molecule has 0 bridgehead atoms. The van der Waals surface area contributed by atoms with E-state index in [0.29, 0.717) is 22.3 Å². The highest BCUT2D eigenvalue weighted by Crippen LogP contribution is 2.43. The number of para-hydroxylation sites is 2. The fourth-order valence-electron chi connectivity index (χ4n) is 5.70. The summed E-state index contributed by atoms with van der Waals surface area (Å²) in [6.07, 6.45) is 22.3. The third-order valence-electron chi connectivity index (χ3n) is 7.88. The Balaban J connectivity index is 1.16. The molecule has 0 amide bonds. The van der Waals surface area contributed by atoms with Crippen molar-refractivity contribution in [2.45, 2.75) is 122 Å². The van der Waals surface area contributed by atoms with Crippen LogP contribution in [0.1, 0.15) is 128 Å². The molecule has 0 aliphatic carbocycles. The van der Waals surface area contributed by atoms with E-state index < -0.39 is 0 Å². The number of benzene rings is 2. The molecular formula is C34H46O3. The van der Waals surface area contributed by atoms with E-state index in [1.807, 2.05) is 48.5 Å². The molecule has 3 heteroatoms. The van der Waals surface area contributed by atoms with Crippen LogP contribution in [-0.4, -0.2) is 0 Å². The molecule has 1 atom stereocenters. The van der Waals surface area contributed by atoms with E-state index in [-0.39, 0.29) is 11.5 Å². The molecule has 0 spiro atoms. The van der Waals surface area contributed by atoms with Gasteiger partial charge in [-0.3, -0.25) is 4.79 Å². The van der Waals surface area contributed by atoms with Crippen LogP contribution in [0.15, 0.2) is 57.7 Å². The fraction of sp³-hybridized carbons (Fsp3) is 0.559. The third kappa shape index (κ3) is 7.72. The normalized spacial score (nSPS) is 14.4. The van der Waals surface area contributed by atoms with E-state index in [4.69, 9.17) is 9.15 Å². The summed E-state index contributed by atoms with van der Waals surface area (Å²) < 4.78 is 12.6. The van der Waals surface area contributed by atoms with E-state index in [1.165, 1.54) is 96.3 Å². The van der Waals surface area contributed by atoms with Crippen LogP contribution < -0.4 is 10.2 Å².